The van der Waals surface area contributed by atoms with Crippen molar-refractivity contribution in [2.45, 2.75) is 13.8 Å². The van der Waals surface area contributed by atoms with Crippen molar-refractivity contribution in [2.24, 2.45) is 0 Å². The molecule has 0 radical (unpaired) electrons. The number of methoxy groups -OCH3 is 1. The lowest BCUT2D eigenvalue weighted by atomic mass is 10.1. The number of rotatable bonds is 4. The smallest absolute Gasteiger partial charge is 0.346 e. The molecule has 0 unspecified atom stereocenters. The summed E-state index contributed by atoms with van der Waals surface area (Å²) < 4.78 is 7.15. The largest absolute Gasteiger partial charge is 0.497 e. The van der Waals surface area contributed by atoms with Crippen LogP contribution in [0.5, 0.6) is 5.75 Å². The van der Waals surface area contributed by atoms with Gasteiger partial charge in [-0.15, -0.1) is 0 Å². The van der Waals surface area contributed by atoms with Gasteiger partial charge in [0, 0.05) is 17.1 Å². The molecule has 22 heavy (non-hydrogen) atoms. The number of hydrogen-bond donors (Lipinski definition) is 1. The quantitative estimate of drug-likeness (QED) is 0.695. The van der Waals surface area contributed by atoms with Crippen LogP contribution in [0.15, 0.2) is 35.9 Å². The molecular formula is C17H16N2O3. The number of aryl methyl sites for hydroxylation is 1. The third kappa shape index (κ3) is 2.86. The zero-order valence-electron chi connectivity index (χ0n) is 12.6. The first-order valence-electron chi connectivity index (χ1n) is 6.66. The summed E-state index contributed by atoms with van der Waals surface area (Å²) in [6.07, 6.45) is 1.39. The number of carboxylic acids is 1. The summed E-state index contributed by atoms with van der Waals surface area (Å²) in [6.45, 7) is 3.82. The van der Waals surface area contributed by atoms with Gasteiger partial charge in [-0.25, -0.2) is 4.79 Å². The molecule has 1 heterocycles. The summed E-state index contributed by atoms with van der Waals surface area (Å²) in [7, 11) is 1.61. The molecule has 0 bridgehead atoms. The molecule has 1 aromatic carbocycles. The average Bonchev–Trinajstić information content (AvgIpc) is 2.78. The van der Waals surface area contributed by atoms with Gasteiger partial charge in [-0.2, -0.15) is 5.26 Å². The van der Waals surface area contributed by atoms with Crippen LogP contribution in [-0.4, -0.2) is 22.8 Å². The van der Waals surface area contributed by atoms with Crippen molar-refractivity contribution in [1.82, 2.24) is 4.57 Å². The van der Waals surface area contributed by atoms with Gasteiger partial charge in [-0.3, -0.25) is 0 Å². The second-order valence-electron chi connectivity index (χ2n) is 4.83. The molecule has 0 aliphatic rings. The van der Waals surface area contributed by atoms with Crippen molar-refractivity contribution < 1.29 is 14.6 Å². The Balaban J connectivity index is 2.51. The number of benzene rings is 1. The monoisotopic (exact) mass is 296 g/mol. The molecule has 0 amide bonds. The number of hydrogen-bond acceptors (Lipinski definition) is 3. The van der Waals surface area contributed by atoms with Crippen molar-refractivity contribution >= 4 is 12.0 Å². The molecule has 0 atom stereocenters. The van der Waals surface area contributed by atoms with Crippen LogP contribution in [0, 0.1) is 25.2 Å². The highest BCUT2D eigenvalue weighted by Gasteiger charge is 2.12. The Hall–Kier alpha value is -3.00. The van der Waals surface area contributed by atoms with Gasteiger partial charge in [-0.05, 0) is 55.8 Å². The van der Waals surface area contributed by atoms with Crippen LogP contribution in [0.4, 0.5) is 0 Å². The summed E-state index contributed by atoms with van der Waals surface area (Å²) in [6, 6.07) is 11.1. The van der Waals surface area contributed by atoms with Gasteiger partial charge >= 0.3 is 5.97 Å². The lowest BCUT2D eigenvalue weighted by molar-refractivity contribution is -0.132. The van der Waals surface area contributed by atoms with Crippen molar-refractivity contribution in [3.8, 4) is 17.5 Å². The van der Waals surface area contributed by atoms with Gasteiger partial charge in [0.05, 0.1) is 7.11 Å². The van der Waals surface area contributed by atoms with Gasteiger partial charge in [0.2, 0.25) is 0 Å². The Morgan fingerprint density at radius 2 is 1.95 bits per heavy atom. The standard InChI is InChI=1S/C17H16N2O3/c1-11-8-13(9-14(10-18)17(20)21)12(2)19(11)15-4-6-16(22-3)7-5-15/h4-9H,1-3H3,(H,20,21)/b14-9+. The lowest BCUT2D eigenvalue weighted by Crippen LogP contribution is -2.00. The molecule has 0 aliphatic heterocycles. The van der Waals surface area contributed by atoms with E-state index in [0.717, 1.165) is 22.8 Å². The van der Waals surface area contributed by atoms with Crippen LogP contribution in [0.25, 0.3) is 11.8 Å². The fraction of sp³-hybridized carbons (Fsp3) is 0.176. The SMILES string of the molecule is COc1ccc(-n2c(C)cc(/C=C(\C#N)C(=O)O)c2C)cc1. The van der Waals surface area contributed by atoms with Gasteiger partial charge in [0.15, 0.2) is 0 Å². The number of carboxylic acid groups (broad SMARTS) is 1. The maximum atomic E-state index is 11.0. The zero-order valence-corrected chi connectivity index (χ0v) is 12.6. The predicted octanol–water partition coefficient (Wildman–Crippen LogP) is 3.09. The third-order valence-electron chi connectivity index (χ3n) is 3.45. The van der Waals surface area contributed by atoms with Crippen LogP contribution < -0.4 is 4.74 Å². The first-order chi connectivity index (χ1) is 10.5. The van der Waals surface area contributed by atoms with Gasteiger partial charge in [0.1, 0.15) is 17.4 Å². The predicted molar refractivity (Wildman–Crippen MR) is 83.0 cm³/mol. The summed E-state index contributed by atoms with van der Waals surface area (Å²) in [5.41, 5.74) is 3.21. The number of carbonyl (C=O) groups is 1. The second kappa shape index (κ2) is 6.19. The molecule has 0 saturated carbocycles. The van der Waals surface area contributed by atoms with Crippen LogP contribution in [0.3, 0.4) is 0 Å². The molecule has 5 nitrogen and oxygen atoms in total. The Morgan fingerprint density at radius 1 is 1.32 bits per heavy atom. The van der Waals surface area contributed by atoms with Crippen molar-refractivity contribution in [2.75, 3.05) is 7.11 Å². The minimum atomic E-state index is -1.23. The summed E-state index contributed by atoms with van der Waals surface area (Å²) in [4.78, 5) is 11.0. The van der Waals surface area contributed by atoms with Gasteiger partial charge in [0.25, 0.3) is 0 Å². The van der Waals surface area contributed by atoms with E-state index in [1.54, 1.807) is 13.2 Å². The topological polar surface area (TPSA) is 75.2 Å². The van der Waals surface area contributed by atoms with E-state index in [4.69, 9.17) is 15.1 Å². The highest BCUT2D eigenvalue weighted by molar-refractivity contribution is 5.96. The zero-order chi connectivity index (χ0) is 16.3. The fourth-order valence-corrected chi connectivity index (χ4v) is 2.36. The number of ether oxygens (including phenoxy) is 1. The molecule has 1 aromatic heterocycles. The molecule has 2 aromatic rings. The van der Waals surface area contributed by atoms with Crippen molar-refractivity contribution in [1.29, 1.82) is 5.26 Å². The van der Waals surface area contributed by atoms with E-state index in [9.17, 15) is 4.79 Å². The Morgan fingerprint density at radius 3 is 2.45 bits per heavy atom. The highest BCUT2D eigenvalue weighted by atomic mass is 16.5. The molecule has 2 rings (SSSR count). The van der Waals surface area contributed by atoms with E-state index >= 15 is 0 Å². The molecule has 0 saturated heterocycles. The maximum absolute atomic E-state index is 11.0. The van der Waals surface area contributed by atoms with Crippen LogP contribution in [0.1, 0.15) is 17.0 Å². The lowest BCUT2D eigenvalue weighted by Gasteiger charge is -2.10. The van der Waals surface area contributed by atoms with E-state index in [2.05, 4.69) is 0 Å². The van der Waals surface area contributed by atoms with E-state index in [1.165, 1.54) is 6.08 Å². The molecule has 0 aliphatic carbocycles. The molecule has 5 heteroatoms. The van der Waals surface area contributed by atoms with Gasteiger partial charge in [-0.1, -0.05) is 0 Å². The Labute approximate surface area is 128 Å². The van der Waals surface area contributed by atoms with E-state index in [0.29, 0.717) is 5.56 Å². The normalized spacial score (nSPS) is 11.1. The third-order valence-corrected chi connectivity index (χ3v) is 3.45. The number of aromatic nitrogens is 1. The number of nitriles is 1. The van der Waals surface area contributed by atoms with Crippen molar-refractivity contribution in [3.63, 3.8) is 0 Å². The van der Waals surface area contributed by atoms with Crippen LogP contribution in [-0.2, 0) is 4.79 Å². The average molecular weight is 296 g/mol. The minimum Gasteiger partial charge on any atom is -0.497 e. The van der Waals surface area contributed by atoms with Crippen LogP contribution >= 0.6 is 0 Å². The maximum Gasteiger partial charge on any atom is 0.346 e. The first-order valence-corrected chi connectivity index (χ1v) is 6.66. The minimum absolute atomic E-state index is 0.282. The molecular weight excluding hydrogens is 280 g/mol. The molecule has 1 N–H and O–H groups in total. The molecule has 0 fully saturated rings. The van der Waals surface area contributed by atoms with E-state index in [1.807, 2.05) is 48.7 Å². The molecule has 0 spiro atoms. The highest BCUT2D eigenvalue weighted by Crippen LogP contribution is 2.24. The first kappa shape index (κ1) is 15.4. The fourth-order valence-electron chi connectivity index (χ4n) is 2.36. The summed E-state index contributed by atoms with van der Waals surface area (Å²) in [5.74, 6) is -0.458. The van der Waals surface area contributed by atoms with Crippen LogP contribution in [0.2, 0.25) is 0 Å². The molecule has 112 valence electrons. The Kier molecular flexibility index (Phi) is 4.33. The second-order valence-corrected chi connectivity index (χ2v) is 4.83. The Bertz CT molecular complexity index is 777. The summed E-state index contributed by atoms with van der Waals surface area (Å²) in [5, 5.41) is 17.8. The van der Waals surface area contributed by atoms with Crippen molar-refractivity contribution in [3.05, 3.63) is 52.9 Å². The van der Waals surface area contributed by atoms with E-state index in [-0.39, 0.29) is 5.57 Å². The number of nitrogens with zero attached hydrogens (tertiary/aromatic N) is 2. The van der Waals surface area contributed by atoms with Gasteiger partial charge < -0.3 is 14.4 Å². The van der Waals surface area contributed by atoms with E-state index < -0.39 is 5.97 Å². The number of aliphatic carboxylic acids is 1. The summed E-state index contributed by atoms with van der Waals surface area (Å²) >= 11 is 0.